The third kappa shape index (κ3) is 5.32. The minimum absolute atomic E-state index is 0.412. The first-order chi connectivity index (χ1) is 12.6. The van der Waals surface area contributed by atoms with Gasteiger partial charge in [-0.1, -0.05) is 49.7 Å². The van der Waals surface area contributed by atoms with Gasteiger partial charge < -0.3 is 14.2 Å². The van der Waals surface area contributed by atoms with Crippen LogP contribution in [0.4, 0.5) is 0 Å². The minimum atomic E-state index is -0.777. The van der Waals surface area contributed by atoms with Gasteiger partial charge in [-0.15, -0.1) is 0 Å². The minimum Gasteiger partial charge on any atom is -0.488 e. The Morgan fingerprint density at radius 3 is 2.54 bits per heavy atom. The summed E-state index contributed by atoms with van der Waals surface area (Å²) in [5.74, 6) is 0.257. The largest absolute Gasteiger partial charge is 0.488 e. The van der Waals surface area contributed by atoms with E-state index in [9.17, 15) is 4.79 Å². The summed E-state index contributed by atoms with van der Waals surface area (Å²) in [6.07, 6.45) is 1.10. The number of rotatable bonds is 9. The highest BCUT2D eigenvalue weighted by atomic mass is 79.9. The van der Waals surface area contributed by atoms with Gasteiger partial charge in [0.15, 0.2) is 6.10 Å². The van der Waals surface area contributed by atoms with Crippen LogP contribution >= 0.6 is 15.9 Å². The summed E-state index contributed by atoms with van der Waals surface area (Å²) in [5.41, 5.74) is 2.76. The van der Waals surface area contributed by atoms with E-state index < -0.39 is 12.1 Å². The topological polar surface area (TPSA) is 44.8 Å². The number of unbranched alkanes of at least 4 members (excludes halogenated alkanes) is 1. The van der Waals surface area contributed by atoms with Crippen LogP contribution in [0, 0.1) is 6.92 Å². The van der Waals surface area contributed by atoms with Crippen molar-refractivity contribution in [1.29, 1.82) is 0 Å². The van der Waals surface area contributed by atoms with Crippen LogP contribution in [0.25, 0.3) is 0 Å². The van der Waals surface area contributed by atoms with E-state index >= 15 is 0 Å². The molecule has 140 valence electrons. The van der Waals surface area contributed by atoms with Gasteiger partial charge >= 0.3 is 5.97 Å². The number of methoxy groups -OCH3 is 1. The van der Waals surface area contributed by atoms with Gasteiger partial charge in [-0.25, -0.2) is 4.79 Å². The highest BCUT2D eigenvalue weighted by Crippen LogP contribution is 2.37. The van der Waals surface area contributed by atoms with Crippen LogP contribution in [0.2, 0.25) is 0 Å². The van der Waals surface area contributed by atoms with Gasteiger partial charge in [-0.2, -0.15) is 0 Å². The van der Waals surface area contributed by atoms with E-state index in [1.54, 1.807) is 0 Å². The molecule has 0 saturated heterocycles. The van der Waals surface area contributed by atoms with Gasteiger partial charge in [0.2, 0.25) is 0 Å². The molecule has 4 nitrogen and oxygen atoms in total. The molecule has 0 aliphatic rings. The maximum Gasteiger partial charge on any atom is 0.339 e. The summed E-state index contributed by atoms with van der Waals surface area (Å²) in [6, 6.07) is 13.8. The first kappa shape index (κ1) is 20.5. The number of hydrogen-bond acceptors (Lipinski definition) is 4. The molecule has 0 heterocycles. The van der Waals surface area contributed by atoms with E-state index in [0.29, 0.717) is 19.0 Å². The molecule has 0 aliphatic carbocycles. The number of halogens is 1. The van der Waals surface area contributed by atoms with E-state index in [-0.39, 0.29) is 0 Å². The zero-order valence-electron chi connectivity index (χ0n) is 15.5. The van der Waals surface area contributed by atoms with E-state index in [0.717, 1.165) is 34.0 Å². The normalized spacial score (nSPS) is 11.8. The zero-order chi connectivity index (χ0) is 18.9. The Morgan fingerprint density at radius 1 is 1.15 bits per heavy atom. The third-order valence-electron chi connectivity index (χ3n) is 4.06. The lowest BCUT2D eigenvalue weighted by atomic mass is 10.0. The van der Waals surface area contributed by atoms with Gasteiger partial charge in [0.1, 0.15) is 12.4 Å². The first-order valence-corrected chi connectivity index (χ1v) is 9.53. The van der Waals surface area contributed by atoms with E-state index in [1.807, 2.05) is 49.4 Å². The van der Waals surface area contributed by atoms with Gasteiger partial charge in [-0.05, 0) is 46.5 Å². The van der Waals surface area contributed by atoms with Crippen molar-refractivity contribution in [3.63, 3.8) is 0 Å². The molecule has 26 heavy (non-hydrogen) atoms. The van der Waals surface area contributed by atoms with Crippen molar-refractivity contribution >= 4 is 21.9 Å². The Balaban J connectivity index is 2.26. The summed E-state index contributed by atoms with van der Waals surface area (Å²) in [4.78, 5) is 12.3. The molecule has 2 rings (SSSR count). The van der Waals surface area contributed by atoms with Crippen molar-refractivity contribution in [3.05, 3.63) is 63.6 Å². The smallest absolute Gasteiger partial charge is 0.339 e. The van der Waals surface area contributed by atoms with Gasteiger partial charge in [-0.3, -0.25) is 0 Å². The van der Waals surface area contributed by atoms with Crippen LogP contribution in [-0.2, 0) is 20.9 Å². The van der Waals surface area contributed by atoms with Crippen LogP contribution in [0.15, 0.2) is 46.9 Å². The number of carbonyl (C=O) groups is 1. The van der Waals surface area contributed by atoms with Crippen molar-refractivity contribution in [2.45, 2.75) is 39.4 Å². The second-order valence-corrected chi connectivity index (χ2v) is 6.80. The van der Waals surface area contributed by atoms with Crippen LogP contribution in [-0.4, -0.2) is 19.7 Å². The molecule has 2 aromatic carbocycles. The molecule has 0 fully saturated rings. The molecule has 0 bridgehead atoms. The van der Waals surface area contributed by atoms with E-state index in [2.05, 4.69) is 22.9 Å². The highest BCUT2D eigenvalue weighted by Gasteiger charge is 2.27. The van der Waals surface area contributed by atoms with Crippen molar-refractivity contribution in [1.82, 2.24) is 0 Å². The van der Waals surface area contributed by atoms with Gasteiger partial charge in [0, 0.05) is 12.2 Å². The molecule has 0 radical (unpaired) electrons. The van der Waals surface area contributed by atoms with Crippen molar-refractivity contribution in [3.8, 4) is 5.75 Å². The van der Waals surface area contributed by atoms with E-state index in [1.165, 1.54) is 7.11 Å². The van der Waals surface area contributed by atoms with Gasteiger partial charge in [0.05, 0.1) is 11.6 Å². The van der Waals surface area contributed by atoms with E-state index in [4.69, 9.17) is 14.2 Å². The maximum absolute atomic E-state index is 12.3. The Kier molecular flexibility index (Phi) is 8.13. The second-order valence-electron chi connectivity index (χ2n) is 6.01. The standard InChI is InChI=1S/C21H25BrO4/c1-4-5-13-25-20(21(23)24-3)18-15(2)11-12-17(19(18)22)26-14-16-9-7-6-8-10-16/h6-12,20H,4-5,13-14H2,1-3H3. The lowest BCUT2D eigenvalue weighted by Crippen LogP contribution is -2.20. The molecule has 0 aliphatic heterocycles. The predicted molar refractivity (Wildman–Crippen MR) is 105 cm³/mol. The summed E-state index contributed by atoms with van der Waals surface area (Å²) < 4.78 is 17.5. The summed E-state index contributed by atoms with van der Waals surface area (Å²) >= 11 is 3.60. The molecular weight excluding hydrogens is 396 g/mol. The number of aryl methyl sites for hydroxylation is 1. The second kappa shape index (κ2) is 10.3. The molecular formula is C21H25BrO4. The predicted octanol–water partition coefficient (Wildman–Crippen LogP) is 5.37. The third-order valence-corrected chi connectivity index (χ3v) is 4.88. The molecule has 0 amide bonds. The molecule has 2 aromatic rings. The fraction of sp³-hybridized carbons (Fsp3) is 0.381. The first-order valence-electron chi connectivity index (χ1n) is 8.73. The molecule has 5 heteroatoms. The van der Waals surface area contributed by atoms with Crippen LogP contribution in [0.5, 0.6) is 5.75 Å². The SMILES string of the molecule is CCCCOC(C(=O)OC)c1c(C)ccc(OCc2ccccc2)c1Br. The molecule has 0 saturated carbocycles. The molecule has 0 N–H and O–H groups in total. The zero-order valence-corrected chi connectivity index (χ0v) is 17.0. The number of carbonyl (C=O) groups excluding carboxylic acids is 1. The quantitative estimate of drug-likeness (QED) is 0.404. The fourth-order valence-corrected chi connectivity index (χ4v) is 3.33. The lowest BCUT2D eigenvalue weighted by molar-refractivity contribution is -0.154. The van der Waals surface area contributed by atoms with Crippen LogP contribution < -0.4 is 4.74 Å². The monoisotopic (exact) mass is 420 g/mol. The Bertz CT molecular complexity index is 715. The molecule has 1 unspecified atom stereocenters. The van der Waals surface area contributed by atoms with Crippen molar-refractivity contribution < 1.29 is 19.0 Å². The lowest BCUT2D eigenvalue weighted by Gasteiger charge is -2.21. The average Bonchev–Trinajstić information content (AvgIpc) is 2.66. The van der Waals surface area contributed by atoms with Crippen molar-refractivity contribution in [2.75, 3.05) is 13.7 Å². The number of ether oxygens (including phenoxy) is 3. The summed E-state index contributed by atoms with van der Waals surface area (Å²) in [5, 5.41) is 0. The number of hydrogen-bond donors (Lipinski definition) is 0. The van der Waals surface area contributed by atoms with Crippen LogP contribution in [0.3, 0.4) is 0 Å². The maximum atomic E-state index is 12.3. The van der Waals surface area contributed by atoms with Gasteiger partial charge in [0.25, 0.3) is 0 Å². The molecule has 1 atom stereocenters. The Morgan fingerprint density at radius 2 is 1.88 bits per heavy atom. The highest BCUT2D eigenvalue weighted by molar-refractivity contribution is 9.10. The average molecular weight is 421 g/mol. The number of benzene rings is 2. The fourth-order valence-electron chi connectivity index (χ4n) is 2.56. The number of esters is 1. The van der Waals surface area contributed by atoms with Crippen LogP contribution in [0.1, 0.15) is 42.6 Å². The molecule has 0 aromatic heterocycles. The van der Waals surface area contributed by atoms with Crippen molar-refractivity contribution in [2.24, 2.45) is 0 Å². The Hall–Kier alpha value is -1.85. The Labute approximate surface area is 163 Å². The molecule has 0 spiro atoms. The summed E-state index contributed by atoms with van der Waals surface area (Å²) in [7, 11) is 1.37. The summed E-state index contributed by atoms with van der Waals surface area (Å²) in [6.45, 7) is 4.97.